The predicted octanol–water partition coefficient (Wildman–Crippen LogP) is 1.33. The van der Waals surface area contributed by atoms with Crippen molar-refractivity contribution in [1.29, 1.82) is 0 Å². The van der Waals surface area contributed by atoms with Crippen LogP contribution in [-0.4, -0.2) is 22.3 Å². The van der Waals surface area contributed by atoms with Crippen LogP contribution in [-0.2, 0) is 4.43 Å². The molecular weight excluding hydrogens is 142 g/mol. The molecular formula is C7H19NOSi. The van der Waals surface area contributed by atoms with Crippen molar-refractivity contribution >= 4 is 9.04 Å². The molecule has 0 saturated heterocycles. The smallest absolute Gasteiger partial charge is 0.173 e. The van der Waals surface area contributed by atoms with Gasteiger partial charge in [0.2, 0.25) is 0 Å². The molecule has 0 fully saturated rings. The Morgan fingerprint density at radius 3 is 2.40 bits per heavy atom. The van der Waals surface area contributed by atoms with Gasteiger partial charge in [-0.2, -0.15) is 0 Å². The molecule has 1 atom stereocenters. The summed E-state index contributed by atoms with van der Waals surface area (Å²) in [5.74, 6) is 0. The van der Waals surface area contributed by atoms with Crippen molar-refractivity contribution in [3.8, 4) is 0 Å². The fraction of sp³-hybridized carbons (Fsp3) is 1.00. The van der Waals surface area contributed by atoms with Crippen molar-refractivity contribution in [2.75, 3.05) is 7.05 Å². The van der Waals surface area contributed by atoms with E-state index in [1.165, 1.54) is 6.42 Å². The number of rotatable bonds is 5. The highest BCUT2D eigenvalue weighted by molar-refractivity contribution is 6.48. The van der Waals surface area contributed by atoms with Crippen LogP contribution in [0.1, 0.15) is 19.8 Å². The maximum absolute atomic E-state index is 5.67. The molecule has 0 rings (SSSR count). The highest BCUT2D eigenvalue weighted by Gasteiger charge is 2.06. The molecule has 3 heteroatoms. The van der Waals surface area contributed by atoms with E-state index in [0.717, 1.165) is 6.42 Å². The zero-order valence-electron chi connectivity index (χ0n) is 7.48. The maximum Gasteiger partial charge on any atom is 0.173 e. The lowest BCUT2D eigenvalue weighted by molar-refractivity contribution is 0.164. The first-order valence-corrected chi connectivity index (χ1v) is 6.81. The van der Waals surface area contributed by atoms with Gasteiger partial charge in [-0.05, 0) is 26.6 Å². The van der Waals surface area contributed by atoms with Crippen LogP contribution in [0, 0.1) is 0 Å². The van der Waals surface area contributed by atoms with E-state index >= 15 is 0 Å². The molecule has 0 amide bonds. The molecule has 0 saturated carbocycles. The molecule has 1 unspecified atom stereocenters. The van der Waals surface area contributed by atoms with Crippen LogP contribution in [0.4, 0.5) is 0 Å². The third-order valence-corrected chi connectivity index (χ3v) is 2.18. The normalized spacial score (nSPS) is 14.1. The first-order valence-electron chi connectivity index (χ1n) is 4.03. The standard InChI is InChI=1S/C7H19NOSi/c1-5-6-7(8-2)9-10(3)4/h7-8,10H,5-6H2,1-4H3. The molecule has 0 aromatic rings. The Balaban J connectivity index is 3.39. The van der Waals surface area contributed by atoms with Gasteiger partial charge in [-0.3, -0.25) is 5.32 Å². The second-order valence-corrected chi connectivity index (χ2v) is 5.12. The second-order valence-electron chi connectivity index (χ2n) is 2.75. The molecule has 0 aliphatic rings. The van der Waals surface area contributed by atoms with Crippen molar-refractivity contribution in [1.82, 2.24) is 5.32 Å². The van der Waals surface area contributed by atoms with Crippen LogP contribution >= 0.6 is 0 Å². The minimum Gasteiger partial charge on any atom is -0.405 e. The van der Waals surface area contributed by atoms with Gasteiger partial charge >= 0.3 is 0 Å². The first kappa shape index (κ1) is 10.1. The largest absolute Gasteiger partial charge is 0.405 e. The van der Waals surface area contributed by atoms with Crippen molar-refractivity contribution in [2.24, 2.45) is 0 Å². The molecule has 0 spiro atoms. The topological polar surface area (TPSA) is 21.3 Å². The Morgan fingerprint density at radius 1 is 1.50 bits per heavy atom. The Bertz CT molecular complexity index is 78.0. The van der Waals surface area contributed by atoms with E-state index in [-0.39, 0.29) is 0 Å². The van der Waals surface area contributed by atoms with E-state index in [0.29, 0.717) is 6.23 Å². The Morgan fingerprint density at radius 2 is 2.10 bits per heavy atom. The molecule has 0 aromatic heterocycles. The van der Waals surface area contributed by atoms with Crippen LogP contribution in [0.15, 0.2) is 0 Å². The van der Waals surface area contributed by atoms with Gasteiger partial charge in [0.25, 0.3) is 0 Å². The van der Waals surface area contributed by atoms with Gasteiger partial charge in [-0.15, -0.1) is 0 Å². The van der Waals surface area contributed by atoms with Crippen molar-refractivity contribution < 1.29 is 4.43 Å². The highest BCUT2D eigenvalue weighted by atomic mass is 28.3. The zero-order valence-corrected chi connectivity index (χ0v) is 8.63. The summed E-state index contributed by atoms with van der Waals surface area (Å²) >= 11 is 0. The summed E-state index contributed by atoms with van der Waals surface area (Å²) in [6.45, 7) is 6.57. The molecule has 0 radical (unpaired) electrons. The van der Waals surface area contributed by atoms with Gasteiger partial charge in [0.05, 0.1) is 6.23 Å². The lowest BCUT2D eigenvalue weighted by Crippen LogP contribution is -2.32. The summed E-state index contributed by atoms with van der Waals surface area (Å²) < 4.78 is 5.67. The molecule has 0 aliphatic heterocycles. The summed E-state index contributed by atoms with van der Waals surface area (Å²) in [5.41, 5.74) is 0. The van der Waals surface area contributed by atoms with Gasteiger partial charge in [0, 0.05) is 0 Å². The maximum atomic E-state index is 5.67. The van der Waals surface area contributed by atoms with Crippen LogP contribution in [0.25, 0.3) is 0 Å². The summed E-state index contributed by atoms with van der Waals surface area (Å²) in [4.78, 5) is 0. The SMILES string of the molecule is CCCC(NC)O[SiH](C)C. The number of nitrogens with one attached hydrogen (secondary N) is 1. The minimum atomic E-state index is -0.840. The number of hydrogen-bond donors (Lipinski definition) is 1. The zero-order chi connectivity index (χ0) is 7.98. The van der Waals surface area contributed by atoms with Crippen LogP contribution < -0.4 is 5.32 Å². The van der Waals surface area contributed by atoms with E-state index in [4.69, 9.17) is 4.43 Å². The van der Waals surface area contributed by atoms with E-state index in [1.807, 2.05) is 7.05 Å². The molecule has 1 N–H and O–H groups in total. The lowest BCUT2D eigenvalue weighted by atomic mass is 10.3. The highest BCUT2D eigenvalue weighted by Crippen LogP contribution is 1.99. The van der Waals surface area contributed by atoms with Gasteiger partial charge in [0.1, 0.15) is 0 Å². The molecule has 0 bridgehead atoms. The monoisotopic (exact) mass is 161 g/mol. The van der Waals surface area contributed by atoms with Gasteiger partial charge < -0.3 is 4.43 Å². The van der Waals surface area contributed by atoms with E-state index in [1.54, 1.807) is 0 Å². The second kappa shape index (κ2) is 5.89. The van der Waals surface area contributed by atoms with Gasteiger partial charge in [0.15, 0.2) is 9.04 Å². The molecule has 2 nitrogen and oxygen atoms in total. The van der Waals surface area contributed by atoms with Crippen LogP contribution in [0.2, 0.25) is 13.1 Å². The lowest BCUT2D eigenvalue weighted by Gasteiger charge is -2.18. The third kappa shape index (κ3) is 4.96. The van der Waals surface area contributed by atoms with E-state index in [9.17, 15) is 0 Å². The molecule has 10 heavy (non-hydrogen) atoms. The summed E-state index contributed by atoms with van der Waals surface area (Å²) in [6, 6.07) is 0. The first-order chi connectivity index (χ1) is 4.70. The summed E-state index contributed by atoms with van der Waals surface area (Å²) in [6.07, 6.45) is 2.62. The third-order valence-electron chi connectivity index (χ3n) is 1.31. The van der Waals surface area contributed by atoms with Crippen LogP contribution in [0.3, 0.4) is 0 Å². The Kier molecular flexibility index (Phi) is 5.97. The molecule has 0 aliphatic carbocycles. The summed E-state index contributed by atoms with van der Waals surface area (Å²) in [7, 11) is 1.12. The van der Waals surface area contributed by atoms with Gasteiger partial charge in [-0.1, -0.05) is 13.3 Å². The average Bonchev–Trinajstić information content (AvgIpc) is 1.86. The Labute approximate surface area is 65.7 Å². The Hall–Kier alpha value is 0.137. The fourth-order valence-electron chi connectivity index (χ4n) is 0.871. The minimum absolute atomic E-state index is 0.302. The van der Waals surface area contributed by atoms with Gasteiger partial charge in [-0.25, -0.2) is 0 Å². The van der Waals surface area contributed by atoms with Crippen molar-refractivity contribution in [3.63, 3.8) is 0 Å². The van der Waals surface area contributed by atoms with Crippen molar-refractivity contribution in [2.45, 2.75) is 39.1 Å². The predicted molar refractivity (Wildman–Crippen MR) is 47.7 cm³/mol. The van der Waals surface area contributed by atoms with E-state index in [2.05, 4.69) is 25.3 Å². The average molecular weight is 161 g/mol. The van der Waals surface area contributed by atoms with E-state index < -0.39 is 9.04 Å². The van der Waals surface area contributed by atoms with Crippen LogP contribution in [0.5, 0.6) is 0 Å². The number of hydrogen-bond acceptors (Lipinski definition) is 2. The summed E-state index contributed by atoms with van der Waals surface area (Å²) in [5, 5.41) is 3.15. The molecule has 0 aromatic carbocycles. The van der Waals surface area contributed by atoms with Crippen molar-refractivity contribution in [3.05, 3.63) is 0 Å². The quantitative estimate of drug-likeness (QED) is 0.485. The molecule has 0 heterocycles. The fourth-order valence-corrected chi connectivity index (χ4v) is 1.80. The molecule has 62 valence electrons.